The lowest BCUT2D eigenvalue weighted by Crippen LogP contribution is -2.24. The largest absolute Gasteiger partial charge is 0.294 e. The zero-order valence-corrected chi connectivity index (χ0v) is 14.4. The number of rotatable bonds is 1. The van der Waals surface area contributed by atoms with Gasteiger partial charge in [-0.2, -0.15) is 5.26 Å². The van der Waals surface area contributed by atoms with Crippen LogP contribution in [0, 0.1) is 29.5 Å². The predicted octanol–water partition coefficient (Wildman–Crippen LogP) is 4.75. The van der Waals surface area contributed by atoms with Crippen molar-refractivity contribution in [2.75, 3.05) is 0 Å². The Bertz CT molecular complexity index is 694. The second kappa shape index (κ2) is 7.82. The maximum Gasteiger partial charge on any atom is 0.160 e. The lowest BCUT2D eigenvalue weighted by Gasteiger charge is -2.29. The number of nitriles is 1. The van der Waals surface area contributed by atoms with E-state index in [4.69, 9.17) is 5.26 Å². The summed E-state index contributed by atoms with van der Waals surface area (Å²) in [5.74, 6) is -0.0732. The predicted molar refractivity (Wildman–Crippen MR) is 90.7 cm³/mol. The molecule has 0 radical (unpaired) electrons. The van der Waals surface area contributed by atoms with Gasteiger partial charge in [-0.25, -0.2) is 4.39 Å². The summed E-state index contributed by atoms with van der Waals surface area (Å²) in [6, 6.07) is 6.27. The van der Waals surface area contributed by atoms with Gasteiger partial charge in [0.1, 0.15) is 5.82 Å². The van der Waals surface area contributed by atoms with E-state index in [1.165, 1.54) is 6.07 Å². The van der Waals surface area contributed by atoms with Gasteiger partial charge in [0.25, 0.3) is 0 Å². The minimum Gasteiger partial charge on any atom is -0.294 e. The second-order valence-corrected chi connectivity index (χ2v) is 6.48. The Kier molecular flexibility index (Phi) is 6.38. The summed E-state index contributed by atoms with van der Waals surface area (Å²) >= 11 is 0. The van der Waals surface area contributed by atoms with E-state index in [0.29, 0.717) is 17.5 Å². The highest BCUT2D eigenvalue weighted by Gasteiger charge is 2.30. The fourth-order valence-electron chi connectivity index (χ4n) is 2.34. The number of carbonyl (C=O) groups is 1. The van der Waals surface area contributed by atoms with Crippen LogP contribution in [0.25, 0.3) is 0 Å². The number of hydrogen-bond acceptors (Lipinski definition) is 3. The molecule has 0 amide bonds. The monoisotopic (exact) mass is 314 g/mol. The SMILES string of the molecule is CC=NC1=C(C)C(=O)CC(C)(C)C1.Cc1ccc(C#N)cc1F. The molecule has 0 atom stereocenters. The Hall–Kier alpha value is -2.28. The molecular formula is C19H23FN2O. The minimum absolute atomic E-state index is 0.0818. The van der Waals surface area contributed by atoms with Gasteiger partial charge in [-0.1, -0.05) is 19.9 Å². The van der Waals surface area contributed by atoms with Crippen molar-refractivity contribution in [1.29, 1.82) is 5.26 Å². The molecular weight excluding hydrogens is 291 g/mol. The van der Waals surface area contributed by atoms with Gasteiger partial charge in [-0.05, 0) is 50.3 Å². The first-order valence-electron chi connectivity index (χ1n) is 7.58. The molecule has 1 aromatic rings. The van der Waals surface area contributed by atoms with Crippen molar-refractivity contribution in [3.63, 3.8) is 0 Å². The third kappa shape index (κ3) is 5.45. The fourth-order valence-corrected chi connectivity index (χ4v) is 2.34. The van der Waals surface area contributed by atoms with E-state index in [-0.39, 0.29) is 17.0 Å². The Morgan fingerprint density at radius 2 is 1.96 bits per heavy atom. The van der Waals surface area contributed by atoms with Gasteiger partial charge in [-0.3, -0.25) is 9.79 Å². The standard InChI is InChI=1S/C11H17NO.C8H6FN/c1-5-12-9-6-11(3,4)7-10(13)8(9)2;1-6-2-3-7(5-10)4-8(6)9/h5H,6-7H2,1-4H3;2-4H,1H3. The van der Waals surface area contributed by atoms with E-state index in [1.807, 2.05) is 19.9 Å². The topological polar surface area (TPSA) is 53.2 Å². The quantitative estimate of drug-likeness (QED) is 0.703. The molecule has 0 bridgehead atoms. The van der Waals surface area contributed by atoms with Gasteiger partial charge in [0.15, 0.2) is 5.78 Å². The lowest BCUT2D eigenvalue weighted by molar-refractivity contribution is -0.118. The third-order valence-electron chi connectivity index (χ3n) is 3.72. The van der Waals surface area contributed by atoms with E-state index >= 15 is 0 Å². The number of Topliss-reactive ketones (excluding diaryl/α,β-unsaturated/α-hetero) is 1. The normalized spacial score (nSPS) is 16.8. The lowest BCUT2D eigenvalue weighted by atomic mass is 9.76. The molecule has 2 rings (SSSR count). The van der Waals surface area contributed by atoms with Crippen molar-refractivity contribution in [3.05, 3.63) is 46.4 Å². The van der Waals surface area contributed by atoms with Crippen LogP contribution in [0.3, 0.4) is 0 Å². The van der Waals surface area contributed by atoms with Crippen LogP contribution in [0.2, 0.25) is 0 Å². The van der Waals surface area contributed by atoms with Crippen LogP contribution in [0.5, 0.6) is 0 Å². The molecule has 0 heterocycles. The molecule has 23 heavy (non-hydrogen) atoms. The van der Waals surface area contributed by atoms with Crippen molar-refractivity contribution in [1.82, 2.24) is 0 Å². The molecule has 0 unspecified atom stereocenters. The van der Waals surface area contributed by atoms with Gasteiger partial charge in [0.2, 0.25) is 0 Å². The van der Waals surface area contributed by atoms with Crippen LogP contribution in [0.15, 0.2) is 34.5 Å². The number of allylic oxidation sites excluding steroid dienone is 2. The maximum absolute atomic E-state index is 12.6. The number of ketones is 1. The summed E-state index contributed by atoms with van der Waals surface area (Å²) in [5.41, 5.74) is 2.82. The Morgan fingerprint density at radius 1 is 1.30 bits per heavy atom. The van der Waals surface area contributed by atoms with Crippen LogP contribution in [-0.4, -0.2) is 12.0 Å². The first-order valence-corrected chi connectivity index (χ1v) is 7.58. The van der Waals surface area contributed by atoms with Crippen molar-refractivity contribution < 1.29 is 9.18 Å². The molecule has 0 N–H and O–H groups in total. The zero-order valence-electron chi connectivity index (χ0n) is 14.4. The summed E-state index contributed by atoms with van der Waals surface area (Å²) in [5, 5.41) is 8.34. The average molecular weight is 314 g/mol. The highest BCUT2D eigenvalue weighted by molar-refractivity contribution is 5.97. The molecule has 4 heteroatoms. The molecule has 0 saturated heterocycles. The Morgan fingerprint density at radius 3 is 2.48 bits per heavy atom. The van der Waals surface area contributed by atoms with Gasteiger partial charge < -0.3 is 0 Å². The summed E-state index contributed by atoms with van der Waals surface area (Å²) < 4.78 is 12.6. The van der Waals surface area contributed by atoms with Crippen LogP contribution in [0.1, 0.15) is 51.7 Å². The highest BCUT2D eigenvalue weighted by Crippen LogP contribution is 2.36. The molecule has 3 nitrogen and oxygen atoms in total. The second-order valence-electron chi connectivity index (χ2n) is 6.48. The molecule has 122 valence electrons. The van der Waals surface area contributed by atoms with E-state index in [9.17, 15) is 9.18 Å². The number of halogens is 1. The summed E-state index contributed by atoms with van der Waals surface area (Å²) in [7, 11) is 0. The molecule has 0 fully saturated rings. The average Bonchev–Trinajstić information content (AvgIpc) is 2.47. The molecule has 0 aliphatic heterocycles. The number of aliphatic imine (C=N–C) groups is 1. The van der Waals surface area contributed by atoms with Crippen molar-refractivity contribution in [2.24, 2.45) is 10.4 Å². The van der Waals surface area contributed by atoms with E-state index in [0.717, 1.165) is 17.7 Å². The highest BCUT2D eigenvalue weighted by atomic mass is 19.1. The number of nitrogens with zero attached hydrogens (tertiary/aromatic N) is 2. The molecule has 0 spiro atoms. The number of benzene rings is 1. The number of hydrogen-bond donors (Lipinski definition) is 0. The van der Waals surface area contributed by atoms with Crippen LogP contribution in [-0.2, 0) is 4.79 Å². The van der Waals surface area contributed by atoms with Crippen molar-refractivity contribution in [2.45, 2.75) is 47.5 Å². The van der Waals surface area contributed by atoms with Gasteiger partial charge in [-0.15, -0.1) is 0 Å². The molecule has 1 aliphatic carbocycles. The van der Waals surface area contributed by atoms with Crippen LogP contribution >= 0.6 is 0 Å². The van der Waals surface area contributed by atoms with Gasteiger partial charge in [0, 0.05) is 23.9 Å². The Balaban J connectivity index is 0.000000238. The van der Waals surface area contributed by atoms with E-state index < -0.39 is 0 Å². The summed E-state index contributed by atoms with van der Waals surface area (Å²) in [4.78, 5) is 15.8. The zero-order chi connectivity index (χ0) is 17.6. The third-order valence-corrected chi connectivity index (χ3v) is 3.72. The summed E-state index contributed by atoms with van der Waals surface area (Å²) in [6.07, 6.45) is 3.32. The van der Waals surface area contributed by atoms with Crippen LogP contribution < -0.4 is 0 Å². The molecule has 0 aromatic heterocycles. The van der Waals surface area contributed by atoms with Gasteiger partial charge in [0.05, 0.1) is 11.6 Å². The number of aryl methyl sites for hydroxylation is 1. The minimum atomic E-state index is -0.320. The first-order chi connectivity index (χ1) is 10.7. The first kappa shape index (κ1) is 18.8. The molecule has 1 aliphatic rings. The van der Waals surface area contributed by atoms with Crippen molar-refractivity contribution >= 4 is 12.0 Å². The molecule has 1 aromatic carbocycles. The van der Waals surface area contributed by atoms with E-state index in [1.54, 1.807) is 25.3 Å². The smallest absolute Gasteiger partial charge is 0.160 e. The number of carbonyl (C=O) groups excluding carboxylic acids is 1. The molecule has 0 saturated carbocycles. The Labute approximate surface area is 137 Å². The van der Waals surface area contributed by atoms with Crippen molar-refractivity contribution in [3.8, 4) is 6.07 Å². The fraction of sp³-hybridized carbons (Fsp3) is 0.421. The maximum atomic E-state index is 12.6. The van der Waals surface area contributed by atoms with Gasteiger partial charge >= 0.3 is 0 Å². The van der Waals surface area contributed by atoms with E-state index in [2.05, 4.69) is 18.8 Å². The summed E-state index contributed by atoms with van der Waals surface area (Å²) in [6.45, 7) is 9.65. The van der Waals surface area contributed by atoms with Crippen LogP contribution in [0.4, 0.5) is 4.39 Å².